The molecule has 1 aromatic carbocycles. The molecule has 0 spiro atoms. The van der Waals surface area contributed by atoms with Crippen molar-refractivity contribution in [1.29, 1.82) is 0 Å². The molecule has 0 radical (unpaired) electrons. The predicted molar refractivity (Wildman–Crippen MR) is 69.3 cm³/mol. The average Bonchev–Trinajstić information content (AvgIpc) is 2.86. The summed E-state index contributed by atoms with van der Waals surface area (Å²) in [6.45, 7) is 4.02. The highest BCUT2D eigenvalue weighted by molar-refractivity contribution is 7.92. The monoisotopic (exact) mass is 284 g/mol. The summed E-state index contributed by atoms with van der Waals surface area (Å²) >= 11 is 0. The van der Waals surface area contributed by atoms with E-state index in [1.807, 2.05) is 0 Å². The molecule has 19 heavy (non-hydrogen) atoms. The maximum absolute atomic E-state index is 12.5. The Labute approximate surface area is 112 Å². The summed E-state index contributed by atoms with van der Waals surface area (Å²) in [5.74, 6) is -1.12. The van der Waals surface area contributed by atoms with Crippen molar-refractivity contribution in [3.63, 3.8) is 0 Å². The highest BCUT2D eigenvalue weighted by Gasteiger charge is 2.33. The first kappa shape index (κ1) is 14.0. The largest absolute Gasteiger partial charge is 0.478 e. The summed E-state index contributed by atoms with van der Waals surface area (Å²) in [7, 11) is -3.54. The van der Waals surface area contributed by atoms with Crippen LogP contribution in [-0.4, -0.2) is 38.0 Å². The van der Waals surface area contributed by atoms with Crippen molar-refractivity contribution >= 4 is 15.8 Å². The number of hydrogen-bond acceptors (Lipinski definition) is 4. The number of carboxylic acids is 1. The Kier molecular flexibility index (Phi) is 3.64. The summed E-state index contributed by atoms with van der Waals surface area (Å²) in [6.07, 6.45) is 0.456. The first-order valence-electron chi connectivity index (χ1n) is 6.00. The predicted octanol–water partition coefficient (Wildman–Crippen LogP) is 1.56. The lowest BCUT2D eigenvalue weighted by Crippen LogP contribution is -2.23. The number of carboxylic acid groups (broad SMARTS) is 1. The molecule has 1 unspecified atom stereocenters. The third-order valence-corrected chi connectivity index (χ3v) is 5.79. The second kappa shape index (κ2) is 4.94. The second-order valence-electron chi connectivity index (χ2n) is 4.75. The number of sulfone groups is 1. The van der Waals surface area contributed by atoms with E-state index in [1.54, 1.807) is 13.8 Å². The third kappa shape index (κ3) is 2.50. The number of aryl methyl sites for hydroxylation is 1. The SMILES string of the molecule is Cc1cc(C(=O)O)cc(S(=O)(=O)C2CCOC2)c1C. The van der Waals surface area contributed by atoms with Crippen molar-refractivity contribution in [1.82, 2.24) is 0 Å². The van der Waals surface area contributed by atoms with Crippen LogP contribution in [-0.2, 0) is 14.6 Å². The van der Waals surface area contributed by atoms with Gasteiger partial charge in [0.1, 0.15) is 0 Å². The van der Waals surface area contributed by atoms with Gasteiger partial charge in [-0.2, -0.15) is 0 Å². The highest BCUT2D eigenvalue weighted by atomic mass is 32.2. The topological polar surface area (TPSA) is 80.7 Å². The molecule has 0 amide bonds. The fourth-order valence-electron chi connectivity index (χ4n) is 2.18. The van der Waals surface area contributed by atoms with Crippen LogP contribution < -0.4 is 0 Å². The number of rotatable bonds is 3. The molecule has 1 heterocycles. The fraction of sp³-hybridized carbons (Fsp3) is 0.462. The van der Waals surface area contributed by atoms with Crippen LogP contribution in [0.25, 0.3) is 0 Å². The van der Waals surface area contributed by atoms with Crippen LogP contribution in [0, 0.1) is 13.8 Å². The van der Waals surface area contributed by atoms with Crippen LogP contribution in [0.2, 0.25) is 0 Å². The lowest BCUT2D eigenvalue weighted by molar-refractivity contribution is 0.0696. The minimum absolute atomic E-state index is 0.000547. The Hall–Kier alpha value is -1.40. The highest BCUT2D eigenvalue weighted by Crippen LogP contribution is 2.28. The van der Waals surface area contributed by atoms with Crippen molar-refractivity contribution in [2.75, 3.05) is 13.2 Å². The minimum Gasteiger partial charge on any atom is -0.478 e. The van der Waals surface area contributed by atoms with Gasteiger partial charge in [0.2, 0.25) is 0 Å². The lowest BCUT2D eigenvalue weighted by atomic mass is 10.1. The van der Waals surface area contributed by atoms with E-state index < -0.39 is 21.1 Å². The minimum atomic E-state index is -3.54. The van der Waals surface area contributed by atoms with Gasteiger partial charge in [0.25, 0.3) is 0 Å². The van der Waals surface area contributed by atoms with E-state index in [9.17, 15) is 13.2 Å². The van der Waals surface area contributed by atoms with Crippen molar-refractivity contribution in [2.45, 2.75) is 30.4 Å². The van der Waals surface area contributed by atoms with Crippen molar-refractivity contribution in [3.8, 4) is 0 Å². The average molecular weight is 284 g/mol. The molecule has 1 N–H and O–H groups in total. The molecule has 0 aromatic heterocycles. The molecule has 0 bridgehead atoms. The molecule has 1 saturated heterocycles. The molecule has 1 aromatic rings. The van der Waals surface area contributed by atoms with E-state index in [4.69, 9.17) is 9.84 Å². The zero-order valence-electron chi connectivity index (χ0n) is 10.8. The summed E-state index contributed by atoms with van der Waals surface area (Å²) in [4.78, 5) is 11.2. The van der Waals surface area contributed by atoms with Crippen LogP contribution in [0.15, 0.2) is 17.0 Å². The van der Waals surface area contributed by atoms with E-state index in [0.717, 1.165) is 0 Å². The van der Waals surface area contributed by atoms with Gasteiger partial charge < -0.3 is 9.84 Å². The number of carbonyl (C=O) groups is 1. The molecule has 1 atom stereocenters. The molecule has 1 aliphatic rings. The van der Waals surface area contributed by atoms with Gasteiger partial charge in [-0.25, -0.2) is 13.2 Å². The van der Waals surface area contributed by atoms with Crippen LogP contribution in [0.1, 0.15) is 27.9 Å². The Bertz CT molecular complexity index is 612. The zero-order chi connectivity index (χ0) is 14.2. The molecule has 5 nitrogen and oxygen atoms in total. The van der Waals surface area contributed by atoms with E-state index >= 15 is 0 Å². The van der Waals surface area contributed by atoms with Crippen molar-refractivity contribution in [3.05, 3.63) is 28.8 Å². The number of hydrogen-bond donors (Lipinski definition) is 1. The first-order valence-corrected chi connectivity index (χ1v) is 7.55. The molecule has 1 fully saturated rings. The maximum Gasteiger partial charge on any atom is 0.335 e. The van der Waals surface area contributed by atoms with Crippen LogP contribution in [0.4, 0.5) is 0 Å². The molecule has 104 valence electrons. The van der Waals surface area contributed by atoms with Gasteiger partial charge in [0.15, 0.2) is 9.84 Å². The molecule has 6 heteroatoms. The Morgan fingerprint density at radius 3 is 2.58 bits per heavy atom. The molecule has 1 aliphatic heterocycles. The Balaban J connectivity index is 2.57. The van der Waals surface area contributed by atoms with E-state index in [2.05, 4.69) is 0 Å². The molecular weight excluding hydrogens is 268 g/mol. The van der Waals surface area contributed by atoms with Gasteiger partial charge >= 0.3 is 5.97 Å². The first-order chi connectivity index (χ1) is 8.84. The second-order valence-corrected chi connectivity index (χ2v) is 6.95. The van der Waals surface area contributed by atoms with Gasteiger partial charge in [0.05, 0.1) is 22.3 Å². The quantitative estimate of drug-likeness (QED) is 0.911. The molecule has 0 aliphatic carbocycles. The van der Waals surface area contributed by atoms with Crippen LogP contribution >= 0.6 is 0 Å². The van der Waals surface area contributed by atoms with Crippen molar-refractivity contribution < 1.29 is 23.1 Å². The summed E-state index contributed by atoms with van der Waals surface area (Å²) < 4.78 is 30.1. The number of ether oxygens (including phenoxy) is 1. The molecule has 2 rings (SSSR count). The standard InChI is InChI=1S/C13H16O5S/c1-8-5-10(13(14)15)6-12(9(8)2)19(16,17)11-3-4-18-7-11/h5-6,11H,3-4,7H2,1-2H3,(H,14,15). The van der Waals surface area contributed by atoms with E-state index in [1.165, 1.54) is 12.1 Å². The Morgan fingerprint density at radius 1 is 1.37 bits per heavy atom. The lowest BCUT2D eigenvalue weighted by Gasteiger charge is -2.14. The van der Waals surface area contributed by atoms with Crippen LogP contribution in [0.3, 0.4) is 0 Å². The third-order valence-electron chi connectivity index (χ3n) is 3.50. The van der Waals surface area contributed by atoms with Gasteiger partial charge in [-0.1, -0.05) is 0 Å². The molecular formula is C13H16O5S. The zero-order valence-corrected chi connectivity index (χ0v) is 11.7. The van der Waals surface area contributed by atoms with Gasteiger partial charge in [-0.15, -0.1) is 0 Å². The van der Waals surface area contributed by atoms with Gasteiger partial charge in [0, 0.05) is 6.61 Å². The van der Waals surface area contributed by atoms with Gasteiger partial charge in [-0.05, 0) is 43.5 Å². The molecule has 0 saturated carbocycles. The van der Waals surface area contributed by atoms with E-state index in [-0.39, 0.29) is 17.1 Å². The fourth-order valence-corrected chi connectivity index (χ4v) is 4.10. The smallest absolute Gasteiger partial charge is 0.335 e. The summed E-state index contributed by atoms with van der Waals surface area (Å²) in [5, 5.41) is 8.46. The number of benzene rings is 1. The van der Waals surface area contributed by atoms with E-state index in [0.29, 0.717) is 24.2 Å². The van der Waals surface area contributed by atoms with Crippen molar-refractivity contribution in [2.24, 2.45) is 0 Å². The maximum atomic E-state index is 12.5. The van der Waals surface area contributed by atoms with Gasteiger partial charge in [-0.3, -0.25) is 0 Å². The normalized spacial score (nSPS) is 19.6. The van der Waals surface area contributed by atoms with Crippen LogP contribution in [0.5, 0.6) is 0 Å². The summed E-state index contributed by atoms with van der Waals surface area (Å²) in [6, 6.07) is 2.74. The number of aromatic carboxylic acids is 1. The summed E-state index contributed by atoms with van der Waals surface area (Å²) in [5.41, 5.74) is 1.27. The Morgan fingerprint density at radius 2 is 2.05 bits per heavy atom.